The molecule has 1 unspecified atom stereocenters. The van der Waals surface area contributed by atoms with Gasteiger partial charge in [-0.2, -0.15) is 0 Å². The zero-order valence-corrected chi connectivity index (χ0v) is 8.83. The van der Waals surface area contributed by atoms with Gasteiger partial charge in [-0.15, -0.1) is 0 Å². The van der Waals surface area contributed by atoms with Gasteiger partial charge in [0.25, 0.3) is 0 Å². The van der Waals surface area contributed by atoms with Gasteiger partial charge in [-0.1, -0.05) is 6.42 Å². The van der Waals surface area contributed by atoms with Crippen molar-refractivity contribution in [3.63, 3.8) is 0 Å². The summed E-state index contributed by atoms with van der Waals surface area (Å²) in [5, 5.41) is 0. The maximum Gasteiger partial charge on any atom is 0.105 e. The SMILES string of the molecule is Cc1ncc(C(NN)C2CCC2)n1C. The average molecular weight is 194 g/mol. The highest BCUT2D eigenvalue weighted by atomic mass is 15.3. The highest BCUT2D eigenvalue weighted by Gasteiger charge is 2.29. The number of rotatable bonds is 3. The Morgan fingerprint density at radius 2 is 2.36 bits per heavy atom. The van der Waals surface area contributed by atoms with E-state index in [-0.39, 0.29) is 6.04 Å². The lowest BCUT2D eigenvalue weighted by Gasteiger charge is -2.33. The van der Waals surface area contributed by atoms with Crippen molar-refractivity contribution in [1.82, 2.24) is 15.0 Å². The molecule has 0 bridgehead atoms. The van der Waals surface area contributed by atoms with Crippen molar-refractivity contribution < 1.29 is 0 Å². The van der Waals surface area contributed by atoms with Crippen LogP contribution in [-0.4, -0.2) is 9.55 Å². The Bertz CT molecular complexity index is 314. The number of aryl methyl sites for hydroxylation is 1. The molecule has 1 fully saturated rings. The first kappa shape index (κ1) is 9.68. The lowest BCUT2D eigenvalue weighted by Crippen LogP contribution is -2.37. The molecule has 0 aromatic carbocycles. The van der Waals surface area contributed by atoms with Gasteiger partial charge >= 0.3 is 0 Å². The first-order valence-corrected chi connectivity index (χ1v) is 5.18. The summed E-state index contributed by atoms with van der Waals surface area (Å²) >= 11 is 0. The molecule has 2 rings (SSSR count). The molecular weight excluding hydrogens is 176 g/mol. The first-order valence-electron chi connectivity index (χ1n) is 5.18. The molecule has 4 nitrogen and oxygen atoms in total. The molecule has 1 aromatic rings. The molecule has 0 aliphatic heterocycles. The summed E-state index contributed by atoms with van der Waals surface area (Å²) in [7, 11) is 2.04. The van der Waals surface area contributed by atoms with Gasteiger partial charge in [0.1, 0.15) is 5.82 Å². The van der Waals surface area contributed by atoms with E-state index >= 15 is 0 Å². The molecule has 3 N–H and O–H groups in total. The van der Waals surface area contributed by atoms with Gasteiger partial charge in [0.2, 0.25) is 0 Å². The molecule has 1 aromatic heterocycles. The van der Waals surface area contributed by atoms with Crippen LogP contribution in [0.25, 0.3) is 0 Å². The van der Waals surface area contributed by atoms with Crippen molar-refractivity contribution in [3.8, 4) is 0 Å². The standard InChI is InChI=1S/C10H18N4/c1-7-12-6-9(14(7)2)10(13-11)8-4-3-5-8/h6,8,10,13H,3-5,11H2,1-2H3. The molecule has 14 heavy (non-hydrogen) atoms. The van der Waals surface area contributed by atoms with E-state index in [0.29, 0.717) is 5.92 Å². The van der Waals surface area contributed by atoms with Crippen molar-refractivity contribution in [3.05, 3.63) is 17.7 Å². The minimum absolute atomic E-state index is 0.273. The number of nitrogens with zero attached hydrogens (tertiary/aromatic N) is 2. The number of hydrogen-bond donors (Lipinski definition) is 2. The van der Waals surface area contributed by atoms with Crippen LogP contribution in [0.3, 0.4) is 0 Å². The Morgan fingerprint density at radius 3 is 2.71 bits per heavy atom. The maximum atomic E-state index is 5.60. The van der Waals surface area contributed by atoms with E-state index in [1.807, 2.05) is 20.2 Å². The maximum absolute atomic E-state index is 5.60. The van der Waals surface area contributed by atoms with Crippen molar-refractivity contribution in [2.24, 2.45) is 18.8 Å². The quantitative estimate of drug-likeness (QED) is 0.558. The predicted octanol–water partition coefficient (Wildman–Crippen LogP) is 1.03. The number of aromatic nitrogens is 2. The van der Waals surface area contributed by atoms with Crippen LogP contribution in [0.2, 0.25) is 0 Å². The van der Waals surface area contributed by atoms with E-state index in [4.69, 9.17) is 5.84 Å². The lowest BCUT2D eigenvalue weighted by molar-refractivity contribution is 0.225. The van der Waals surface area contributed by atoms with Gasteiger partial charge in [-0.3, -0.25) is 11.3 Å². The number of hydrazine groups is 1. The van der Waals surface area contributed by atoms with E-state index in [2.05, 4.69) is 15.0 Å². The summed E-state index contributed by atoms with van der Waals surface area (Å²) in [4.78, 5) is 4.29. The zero-order chi connectivity index (χ0) is 10.1. The highest BCUT2D eigenvalue weighted by molar-refractivity contribution is 5.11. The topological polar surface area (TPSA) is 55.9 Å². The van der Waals surface area contributed by atoms with Gasteiger partial charge in [-0.25, -0.2) is 4.98 Å². The van der Waals surface area contributed by atoms with Crippen molar-refractivity contribution in [2.45, 2.75) is 32.2 Å². The van der Waals surface area contributed by atoms with Crippen LogP contribution in [0.4, 0.5) is 0 Å². The molecule has 0 spiro atoms. The Kier molecular flexibility index (Phi) is 2.56. The predicted molar refractivity (Wildman–Crippen MR) is 55.4 cm³/mol. The summed E-state index contributed by atoms with van der Waals surface area (Å²) in [6.45, 7) is 2.01. The molecule has 0 amide bonds. The third-order valence-corrected chi connectivity index (χ3v) is 3.38. The molecule has 4 heteroatoms. The van der Waals surface area contributed by atoms with E-state index in [1.165, 1.54) is 25.0 Å². The van der Waals surface area contributed by atoms with Crippen molar-refractivity contribution in [2.75, 3.05) is 0 Å². The molecule has 1 heterocycles. The van der Waals surface area contributed by atoms with Gasteiger partial charge in [0.15, 0.2) is 0 Å². The molecule has 0 saturated heterocycles. The molecule has 1 saturated carbocycles. The van der Waals surface area contributed by atoms with Crippen LogP contribution in [0.15, 0.2) is 6.20 Å². The summed E-state index contributed by atoms with van der Waals surface area (Å²) in [5.41, 5.74) is 4.12. The Labute approximate surface area is 84.5 Å². The fourth-order valence-corrected chi connectivity index (χ4v) is 2.04. The van der Waals surface area contributed by atoms with E-state index in [9.17, 15) is 0 Å². The Balaban J connectivity index is 2.22. The third kappa shape index (κ3) is 1.44. The summed E-state index contributed by atoms with van der Waals surface area (Å²) in [5.74, 6) is 7.33. The van der Waals surface area contributed by atoms with Gasteiger partial charge in [0, 0.05) is 7.05 Å². The molecule has 1 aliphatic rings. The fourth-order valence-electron chi connectivity index (χ4n) is 2.04. The summed E-state index contributed by atoms with van der Waals surface area (Å²) in [6.07, 6.45) is 5.82. The number of nitrogens with one attached hydrogen (secondary N) is 1. The van der Waals surface area contributed by atoms with Crippen molar-refractivity contribution in [1.29, 1.82) is 0 Å². The van der Waals surface area contributed by atoms with Gasteiger partial charge < -0.3 is 4.57 Å². The highest BCUT2D eigenvalue weighted by Crippen LogP contribution is 2.37. The second-order valence-corrected chi connectivity index (χ2v) is 4.12. The molecule has 78 valence electrons. The zero-order valence-electron chi connectivity index (χ0n) is 8.83. The molecular formula is C10H18N4. The summed E-state index contributed by atoms with van der Waals surface area (Å²) in [6, 6.07) is 0.273. The normalized spacial score (nSPS) is 19.4. The van der Waals surface area contributed by atoms with Crippen LogP contribution >= 0.6 is 0 Å². The van der Waals surface area contributed by atoms with E-state index in [1.54, 1.807) is 0 Å². The van der Waals surface area contributed by atoms with Crippen LogP contribution in [-0.2, 0) is 7.05 Å². The molecule has 1 atom stereocenters. The minimum Gasteiger partial charge on any atom is -0.334 e. The van der Waals surface area contributed by atoms with Gasteiger partial charge in [0.05, 0.1) is 17.9 Å². The minimum atomic E-state index is 0.273. The van der Waals surface area contributed by atoms with E-state index < -0.39 is 0 Å². The van der Waals surface area contributed by atoms with Crippen LogP contribution < -0.4 is 11.3 Å². The Hall–Kier alpha value is -0.870. The molecule has 1 aliphatic carbocycles. The average Bonchev–Trinajstić information content (AvgIpc) is 2.41. The van der Waals surface area contributed by atoms with Crippen LogP contribution in [0, 0.1) is 12.8 Å². The number of nitrogens with two attached hydrogens (primary N) is 1. The number of hydrogen-bond acceptors (Lipinski definition) is 3. The third-order valence-electron chi connectivity index (χ3n) is 3.38. The van der Waals surface area contributed by atoms with Crippen LogP contribution in [0.1, 0.15) is 36.8 Å². The first-order chi connectivity index (χ1) is 6.74. The second kappa shape index (κ2) is 3.71. The largest absolute Gasteiger partial charge is 0.334 e. The van der Waals surface area contributed by atoms with Crippen LogP contribution in [0.5, 0.6) is 0 Å². The summed E-state index contributed by atoms with van der Waals surface area (Å²) < 4.78 is 2.11. The molecule has 0 radical (unpaired) electrons. The van der Waals surface area contributed by atoms with Gasteiger partial charge in [-0.05, 0) is 25.7 Å². The monoisotopic (exact) mass is 194 g/mol. The number of imidazole rings is 1. The smallest absolute Gasteiger partial charge is 0.105 e. The fraction of sp³-hybridized carbons (Fsp3) is 0.700. The van der Waals surface area contributed by atoms with E-state index in [0.717, 1.165) is 5.82 Å². The van der Waals surface area contributed by atoms with Crippen molar-refractivity contribution >= 4 is 0 Å². The Morgan fingerprint density at radius 1 is 1.64 bits per heavy atom. The lowest BCUT2D eigenvalue weighted by atomic mass is 9.79. The second-order valence-electron chi connectivity index (χ2n) is 4.12.